The minimum Gasteiger partial charge on any atom is -0.368 e. The van der Waals surface area contributed by atoms with Crippen LogP contribution in [0.25, 0.3) is 0 Å². The lowest BCUT2D eigenvalue weighted by molar-refractivity contribution is 0.101. The third-order valence-corrected chi connectivity index (χ3v) is 8.05. The van der Waals surface area contributed by atoms with Crippen molar-refractivity contribution in [3.05, 3.63) is 119 Å². The fourth-order valence-electron chi connectivity index (χ4n) is 5.58. The first-order valence-electron chi connectivity index (χ1n) is 16.0. The molecule has 3 heterocycles. The molecule has 3 aliphatic rings. The number of carbonyl (C=O) groups is 3. The molecule has 50 heavy (non-hydrogen) atoms. The van der Waals surface area contributed by atoms with Crippen LogP contribution in [0.2, 0.25) is 0 Å². The topological polar surface area (TPSA) is 173 Å². The second-order valence-electron chi connectivity index (χ2n) is 11.5. The number of anilines is 4. The van der Waals surface area contributed by atoms with Gasteiger partial charge < -0.3 is 37.2 Å². The van der Waals surface area contributed by atoms with Crippen LogP contribution in [0.3, 0.4) is 0 Å². The van der Waals surface area contributed by atoms with E-state index in [9.17, 15) is 14.4 Å². The van der Waals surface area contributed by atoms with Crippen molar-refractivity contribution in [3.63, 3.8) is 0 Å². The Morgan fingerprint density at radius 3 is 1.34 bits per heavy atom. The maximum Gasteiger partial charge on any atom is 0.323 e. The third-order valence-electron chi connectivity index (χ3n) is 8.05. The van der Waals surface area contributed by atoms with Crippen LogP contribution in [0.4, 0.5) is 27.5 Å². The van der Waals surface area contributed by atoms with Crippen LogP contribution in [-0.4, -0.2) is 74.6 Å². The van der Waals surface area contributed by atoms with Gasteiger partial charge in [-0.3, -0.25) is 24.6 Å². The summed E-state index contributed by atoms with van der Waals surface area (Å²) in [5.41, 5.74) is 5.05. The fraction of sp³-hybridized carbons (Fsp3) is 0.167. The summed E-state index contributed by atoms with van der Waals surface area (Å²) in [5, 5.41) is 21.0. The number of amidine groups is 3. The predicted octanol–water partition coefficient (Wildman–Crippen LogP) is 4.31. The lowest BCUT2D eigenvalue weighted by Gasteiger charge is -2.15. The molecule has 0 aliphatic carbocycles. The number of amides is 4. The van der Waals surface area contributed by atoms with Gasteiger partial charge in [-0.15, -0.1) is 12.4 Å². The lowest BCUT2D eigenvalue weighted by Crippen LogP contribution is -2.23. The van der Waals surface area contributed by atoms with Gasteiger partial charge in [-0.25, -0.2) is 4.79 Å². The fourth-order valence-corrected chi connectivity index (χ4v) is 5.58. The zero-order valence-corrected chi connectivity index (χ0v) is 27.7. The Morgan fingerprint density at radius 2 is 0.920 bits per heavy atom. The highest BCUT2D eigenvalue weighted by molar-refractivity contribution is 6.14. The maximum atomic E-state index is 13.5. The SMILES string of the molecule is Cl.O=C(Nc1ccc(C2=NCCN2)cc1)Nc1cc(C(=O)Nc2ccc(C3=NCCN3)cc2)ccc1C(=O)Nc1ccc(C2=NCCN2)cc1. The van der Waals surface area contributed by atoms with E-state index in [4.69, 9.17) is 0 Å². The Hall–Kier alpha value is -6.21. The molecule has 0 radical (unpaired) electrons. The molecule has 3 aliphatic heterocycles. The quantitative estimate of drug-likeness (QED) is 0.138. The Morgan fingerprint density at radius 1 is 0.500 bits per heavy atom. The third kappa shape index (κ3) is 7.90. The number of hydrogen-bond donors (Lipinski definition) is 7. The smallest absolute Gasteiger partial charge is 0.323 e. The Kier molecular flexibility index (Phi) is 10.3. The van der Waals surface area contributed by atoms with E-state index in [1.165, 1.54) is 12.1 Å². The van der Waals surface area contributed by atoms with Crippen molar-refractivity contribution in [1.82, 2.24) is 16.0 Å². The molecule has 0 saturated heterocycles. The molecule has 0 atom stereocenters. The van der Waals surface area contributed by atoms with Crippen LogP contribution in [0.1, 0.15) is 37.4 Å². The highest BCUT2D eigenvalue weighted by Crippen LogP contribution is 2.23. The molecule has 254 valence electrons. The monoisotopic (exact) mass is 690 g/mol. The maximum absolute atomic E-state index is 13.5. The van der Waals surface area contributed by atoms with Crippen molar-refractivity contribution < 1.29 is 14.4 Å². The van der Waals surface area contributed by atoms with Crippen LogP contribution >= 0.6 is 12.4 Å². The van der Waals surface area contributed by atoms with E-state index in [1.807, 2.05) is 36.4 Å². The van der Waals surface area contributed by atoms with E-state index >= 15 is 0 Å². The van der Waals surface area contributed by atoms with Crippen LogP contribution < -0.4 is 37.2 Å². The zero-order chi connectivity index (χ0) is 33.6. The summed E-state index contributed by atoms with van der Waals surface area (Å²) in [6, 6.07) is 25.9. The number of hydrogen-bond acceptors (Lipinski definition) is 9. The molecule has 4 amide bonds. The number of nitrogens with one attached hydrogen (secondary N) is 7. The van der Waals surface area contributed by atoms with E-state index in [-0.39, 0.29) is 29.2 Å². The molecular formula is C36H35ClN10O3. The summed E-state index contributed by atoms with van der Waals surface area (Å²) in [7, 11) is 0. The first-order chi connectivity index (χ1) is 24.0. The lowest BCUT2D eigenvalue weighted by atomic mass is 10.1. The van der Waals surface area contributed by atoms with Gasteiger partial charge in [-0.1, -0.05) is 0 Å². The molecule has 0 spiro atoms. The van der Waals surface area contributed by atoms with E-state index in [0.717, 1.165) is 73.5 Å². The van der Waals surface area contributed by atoms with Gasteiger partial charge >= 0.3 is 6.03 Å². The Balaban J connectivity index is 0.00000432. The summed E-state index contributed by atoms with van der Waals surface area (Å²) in [5.74, 6) is 1.60. The molecule has 14 heteroatoms. The van der Waals surface area contributed by atoms with E-state index in [1.54, 1.807) is 42.5 Å². The van der Waals surface area contributed by atoms with Gasteiger partial charge in [0.05, 0.1) is 30.9 Å². The van der Waals surface area contributed by atoms with Crippen LogP contribution in [0, 0.1) is 0 Å². The van der Waals surface area contributed by atoms with E-state index < -0.39 is 17.8 Å². The molecule has 7 N–H and O–H groups in total. The molecular weight excluding hydrogens is 656 g/mol. The summed E-state index contributed by atoms with van der Waals surface area (Å²) in [4.78, 5) is 53.4. The Labute approximate surface area is 294 Å². The molecule has 13 nitrogen and oxygen atoms in total. The molecule has 0 aromatic heterocycles. The molecule has 7 rings (SSSR count). The van der Waals surface area contributed by atoms with Gasteiger partial charge in [0.25, 0.3) is 11.8 Å². The first-order valence-corrected chi connectivity index (χ1v) is 16.0. The number of halogens is 1. The summed E-state index contributed by atoms with van der Waals surface area (Å²) >= 11 is 0. The average molecular weight is 691 g/mol. The van der Waals surface area contributed by atoms with E-state index in [2.05, 4.69) is 52.2 Å². The number of aliphatic imine (C=N–C) groups is 3. The van der Waals surface area contributed by atoms with Crippen LogP contribution in [-0.2, 0) is 0 Å². The standard InChI is InChI=1S/C36H34N10O3.ClH/c47-34(43-26-8-1-22(2-9-26)31-37-15-16-38-31)25-7-14-29(35(48)44-27-10-3-23(4-11-27)32-39-17-18-40-32)30(21-25)46-36(49)45-28-12-5-24(6-13-28)33-41-19-20-42-33;/h1-14,21H,15-20H2,(H,37,38)(H,39,40)(H,41,42)(H,43,47)(H,44,48)(H2,45,46,49);1H. The molecule has 4 aromatic rings. The molecule has 0 unspecified atom stereocenters. The van der Waals surface area contributed by atoms with Crippen molar-refractivity contribution in [3.8, 4) is 0 Å². The zero-order valence-electron chi connectivity index (χ0n) is 26.9. The predicted molar refractivity (Wildman–Crippen MR) is 200 cm³/mol. The number of benzene rings is 4. The number of urea groups is 1. The second kappa shape index (κ2) is 15.3. The normalized spacial score (nSPS) is 14.4. The summed E-state index contributed by atoms with van der Waals surface area (Å²) < 4.78 is 0. The first kappa shape index (κ1) is 33.7. The van der Waals surface area contributed by atoms with Gasteiger partial charge in [-0.05, 0) is 91.0 Å². The van der Waals surface area contributed by atoms with Gasteiger partial charge in [0.2, 0.25) is 0 Å². The van der Waals surface area contributed by atoms with Crippen molar-refractivity contribution in [2.24, 2.45) is 15.0 Å². The highest BCUT2D eigenvalue weighted by Gasteiger charge is 2.19. The molecule has 0 fully saturated rings. The molecule has 4 aromatic carbocycles. The molecule has 0 saturated carbocycles. The van der Waals surface area contributed by atoms with Crippen molar-refractivity contribution in [2.75, 3.05) is 60.5 Å². The van der Waals surface area contributed by atoms with Crippen molar-refractivity contribution >= 4 is 70.5 Å². The Bertz CT molecular complexity index is 1990. The van der Waals surface area contributed by atoms with Gasteiger partial charge in [0.15, 0.2) is 0 Å². The second-order valence-corrected chi connectivity index (χ2v) is 11.5. The summed E-state index contributed by atoms with van der Waals surface area (Å²) in [6.07, 6.45) is 0. The largest absolute Gasteiger partial charge is 0.368 e. The minimum absolute atomic E-state index is 0. The average Bonchev–Trinajstić information content (AvgIpc) is 3.94. The number of rotatable bonds is 9. The van der Waals surface area contributed by atoms with Crippen LogP contribution in [0.15, 0.2) is 106 Å². The number of carbonyl (C=O) groups excluding carboxylic acids is 3. The molecule has 0 bridgehead atoms. The van der Waals surface area contributed by atoms with Crippen molar-refractivity contribution in [1.29, 1.82) is 0 Å². The van der Waals surface area contributed by atoms with Crippen LogP contribution in [0.5, 0.6) is 0 Å². The highest BCUT2D eigenvalue weighted by atomic mass is 35.5. The van der Waals surface area contributed by atoms with Gasteiger partial charge in [0.1, 0.15) is 17.5 Å². The summed E-state index contributed by atoms with van der Waals surface area (Å²) in [6.45, 7) is 4.58. The number of nitrogens with zero attached hydrogens (tertiary/aromatic N) is 3. The van der Waals surface area contributed by atoms with E-state index in [0.29, 0.717) is 17.1 Å². The van der Waals surface area contributed by atoms with Gasteiger partial charge in [-0.2, -0.15) is 0 Å². The van der Waals surface area contributed by atoms with Crippen molar-refractivity contribution in [2.45, 2.75) is 0 Å². The minimum atomic E-state index is -0.580. The van der Waals surface area contributed by atoms with Gasteiger partial charge in [0, 0.05) is 59.0 Å².